The van der Waals surface area contributed by atoms with Gasteiger partial charge in [0.1, 0.15) is 23.4 Å². The molecule has 0 radical (unpaired) electrons. The largest absolute Gasteiger partial charge is 0.352 e. The van der Waals surface area contributed by atoms with Crippen LogP contribution in [0, 0.1) is 23.0 Å². The van der Waals surface area contributed by atoms with Crippen molar-refractivity contribution in [1.82, 2.24) is 10.3 Å². The van der Waals surface area contributed by atoms with Gasteiger partial charge in [0.05, 0.1) is 5.56 Å². The summed E-state index contributed by atoms with van der Waals surface area (Å²) >= 11 is 0. The summed E-state index contributed by atoms with van der Waals surface area (Å²) in [5.41, 5.74) is 2.35. The second-order valence-corrected chi connectivity index (χ2v) is 6.24. The fourth-order valence-corrected chi connectivity index (χ4v) is 2.94. The zero-order chi connectivity index (χ0) is 19.9. The number of benzene rings is 2. The van der Waals surface area contributed by atoms with Gasteiger partial charge in [0.15, 0.2) is 0 Å². The molecule has 2 aromatic carbocycles. The Kier molecular flexibility index (Phi) is 6.07. The van der Waals surface area contributed by atoms with Crippen LogP contribution >= 0.6 is 0 Å². The minimum atomic E-state index is -0.330. The van der Waals surface area contributed by atoms with E-state index >= 15 is 0 Å². The van der Waals surface area contributed by atoms with Gasteiger partial charge in [-0.25, -0.2) is 13.8 Å². The molecule has 0 atom stereocenters. The van der Waals surface area contributed by atoms with Crippen molar-refractivity contribution in [2.24, 2.45) is 0 Å². The summed E-state index contributed by atoms with van der Waals surface area (Å²) in [5, 5.41) is 11.6. The zero-order valence-corrected chi connectivity index (χ0v) is 14.9. The molecular weight excluding hydrogens is 360 g/mol. The van der Waals surface area contributed by atoms with Gasteiger partial charge in [-0.3, -0.25) is 4.79 Å². The minimum Gasteiger partial charge on any atom is -0.352 e. The van der Waals surface area contributed by atoms with Crippen molar-refractivity contribution < 1.29 is 13.6 Å². The molecule has 3 aromatic rings. The van der Waals surface area contributed by atoms with Crippen LogP contribution in [0.5, 0.6) is 0 Å². The van der Waals surface area contributed by atoms with E-state index in [0.717, 1.165) is 11.1 Å². The number of amides is 1. The Bertz CT molecular complexity index is 933. The maximum Gasteiger partial charge on any atom is 0.252 e. The number of halogens is 2. The molecule has 0 fully saturated rings. The molecule has 1 N–H and O–H groups in total. The van der Waals surface area contributed by atoms with Gasteiger partial charge in [0.2, 0.25) is 0 Å². The Morgan fingerprint density at radius 3 is 2.00 bits per heavy atom. The summed E-state index contributed by atoms with van der Waals surface area (Å²) in [4.78, 5) is 16.1. The van der Waals surface area contributed by atoms with E-state index in [1.165, 1.54) is 42.6 Å². The molecule has 1 heterocycles. The van der Waals surface area contributed by atoms with Crippen molar-refractivity contribution in [2.75, 3.05) is 6.54 Å². The average Bonchev–Trinajstić information content (AvgIpc) is 2.73. The van der Waals surface area contributed by atoms with Gasteiger partial charge in [0, 0.05) is 18.7 Å². The van der Waals surface area contributed by atoms with Crippen LogP contribution in [0.1, 0.15) is 39.5 Å². The van der Waals surface area contributed by atoms with E-state index < -0.39 is 0 Å². The standard InChI is InChI=1S/C22H17F2N3O/c23-18-6-1-15(2-7-18)21(16-3-8-19(24)9-4-16)11-12-26-22(28)17-5-10-20(13-25)27-14-17/h1-10,14,21H,11-12H2,(H,26,28). The number of hydrogen-bond donors (Lipinski definition) is 1. The molecule has 0 aliphatic carbocycles. The highest BCUT2D eigenvalue weighted by Gasteiger charge is 2.15. The van der Waals surface area contributed by atoms with Crippen LogP contribution < -0.4 is 5.32 Å². The van der Waals surface area contributed by atoms with Crippen molar-refractivity contribution >= 4 is 5.91 Å². The molecule has 3 rings (SSSR count). The van der Waals surface area contributed by atoms with Crippen LogP contribution in [0.2, 0.25) is 0 Å². The second kappa shape index (κ2) is 8.87. The first-order valence-electron chi connectivity index (χ1n) is 8.72. The molecule has 0 aliphatic heterocycles. The van der Waals surface area contributed by atoms with Crippen LogP contribution in [0.15, 0.2) is 66.9 Å². The molecule has 0 bridgehead atoms. The van der Waals surface area contributed by atoms with Crippen LogP contribution in [0.4, 0.5) is 8.78 Å². The molecule has 1 aromatic heterocycles. The van der Waals surface area contributed by atoms with Gasteiger partial charge in [0.25, 0.3) is 5.91 Å². The van der Waals surface area contributed by atoms with E-state index in [-0.39, 0.29) is 29.2 Å². The first kappa shape index (κ1) is 19.2. The molecule has 4 nitrogen and oxygen atoms in total. The lowest BCUT2D eigenvalue weighted by molar-refractivity contribution is 0.0952. The van der Waals surface area contributed by atoms with Crippen LogP contribution in [0.25, 0.3) is 0 Å². The van der Waals surface area contributed by atoms with Crippen LogP contribution in [-0.4, -0.2) is 17.4 Å². The highest BCUT2D eigenvalue weighted by Crippen LogP contribution is 2.28. The van der Waals surface area contributed by atoms with E-state index in [4.69, 9.17) is 5.26 Å². The molecule has 1 amide bonds. The van der Waals surface area contributed by atoms with E-state index in [0.29, 0.717) is 18.5 Å². The maximum atomic E-state index is 13.3. The number of pyridine rings is 1. The topological polar surface area (TPSA) is 65.8 Å². The third kappa shape index (κ3) is 4.77. The lowest BCUT2D eigenvalue weighted by Gasteiger charge is -2.18. The van der Waals surface area contributed by atoms with E-state index in [9.17, 15) is 13.6 Å². The zero-order valence-electron chi connectivity index (χ0n) is 14.9. The van der Waals surface area contributed by atoms with Crippen molar-refractivity contribution in [3.05, 3.63) is 101 Å². The summed E-state index contributed by atoms with van der Waals surface area (Å²) in [6.45, 7) is 0.359. The quantitative estimate of drug-likeness (QED) is 0.701. The van der Waals surface area contributed by atoms with Crippen molar-refractivity contribution in [3.8, 4) is 6.07 Å². The summed E-state index contributed by atoms with van der Waals surface area (Å²) in [6.07, 6.45) is 1.90. The van der Waals surface area contributed by atoms with Gasteiger partial charge in [-0.2, -0.15) is 5.26 Å². The fourth-order valence-electron chi connectivity index (χ4n) is 2.94. The molecule has 6 heteroatoms. The number of nitrogens with zero attached hydrogens (tertiary/aromatic N) is 2. The molecule has 0 saturated heterocycles. The van der Waals surface area contributed by atoms with Gasteiger partial charge in [-0.1, -0.05) is 24.3 Å². The average molecular weight is 377 g/mol. The number of rotatable bonds is 6. The number of carbonyl (C=O) groups excluding carboxylic acids is 1. The van der Waals surface area contributed by atoms with Crippen molar-refractivity contribution in [3.63, 3.8) is 0 Å². The van der Waals surface area contributed by atoms with Crippen LogP contribution in [-0.2, 0) is 0 Å². The summed E-state index contributed by atoms with van der Waals surface area (Å²) in [7, 11) is 0. The Morgan fingerprint density at radius 2 is 1.54 bits per heavy atom. The first-order valence-corrected chi connectivity index (χ1v) is 8.72. The number of nitrogens with one attached hydrogen (secondary N) is 1. The SMILES string of the molecule is N#Cc1ccc(C(=O)NCCC(c2ccc(F)cc2)c2ccc(F)cc2)cn1. The lowest BCUT2D eigenvalue weighted by atomic mass is 9.88. The van der Waals surface area contributed by atoms with Crippen molar-refractivity contribution in [1.29, 1.82) is 5.26 Å². The summed E-state index contributed by atoms with van der Waals surface area (Å²) < 4.78 is 26.5. The number of nitriles is 1. The Balaban J connectivity index is 1.70. The van der Waals surface area contributed by atoms with Gasteiger partial charge in [-0.05, 0) is 53.9 Å². The highest BCUT2D eigenvalue weighted by molar-refractivity contribution is 5.93. The lowest BCUT2D eigenvalue weighted by Crippen LogP contribution is -2.26. The van der Waals surface area contributed by atoms with Crippen LogP contribution in [0.3, 0.4) is 0 Å². The predicted octanol–water partition coefficient (Wildman–Crippen LogP) is 4.18. The van der Waals surface area contributed by atoms with Gasteiger partial charge in [-0.15, -0.1) is 0 Å². The predicted molar refractivity (Wildman–Crippen MR) is 101 cm³/mol. The monoisotopic (exact) mass is 377 g/mol. The van der Waals surface area contributed by atoms with E-state index in [1.807, 2.05) is 6.07 Å². The van der Waals surface area contributed by atoms with E-state index in [2.05, 4.69) is 10.3 Å². The molecule has 140 valence electrons. The summed E-state index contributed by atoms with van der Waals surface area (Å²) in [6, 6.07) is 17.2. The normalized spacial score (nSPS) is 10.5. The third-order valence-corrected chi connectivity index (χ3v) is 4.40. The minimum absolute atomic E-state index is 0.124. The molecule has 0 spiro atoms. The highest BCUT2D eigenvalue weighted by atomic mass is 19.1. The Labute approximate surface area is 161 Å². The van der Waals surface area contributed by atoms with Gasteiger partial charge >= 0.3 is 0 Å². The third-order valence-electron chi connectivity index (χ3n) is 4.40. The number of aromatic nitrogens is 1. The fraction of sp³-hybridized carbons (Fsp3) is 0.136. The Hall–Kier alpha value is -3.59. The Morgan fingerprint density at radius 1 is 0.964 bits per heavy atom. The van der Waals surface area contributed by atoms with Gasteiger partial charge < -0.3 is 5.32 Å². The maximum absolute atomic E-state index is 13.3. The number of carbonyl (C=O) groups is 1. The smallest absolute Gasteiger partial charge is 0.252 e. The number of hydrogen-bond acceptors (Lipinski definition) is 3. The first-order chi connectivity index (χ1) is 13.6. The van der Waals surface area contributed by atoms with Crippen molar-refractivity contribution in [2.45, 2.75) is 12.3 Å². The molecule has 0 saturated carbocycles. The van der Waals surface area contributed by atoms with E-state index in [1.54, 1.807) is 24.3 Å². The molecule has 0 aliphatic rings. The molecule has 28 heavy (non-hydrogen) atoms. The summed E-state index contributed by atoms with van der Waals surface area (Å²) in [5.74, 6) is -1.08. The second-order valence-electron chi connectivity index (χ2n) is 6.24. The molecule has 0 unspecified atom stereocenters. The molecular formula is C22H17F2N3O.